The number of aromatic nitrogens is 1. The lowest BCUT2D eigenvalue weighted by molar-refractivity contribution is 0.0994. The molecule has 1 aliphatic rings. The number of primary amides is 1. The molecule has 0 aliphatic heterocycles. The number of rotatable bonds is 7. The van der Waals surface area contributed by atoms with Crippen LogP contribution in [0.5, 0.6) is 0 Å². The Morgan fingerprint density at radius 1 is 1.03 bits per heavy atom. The quantitative estimate of drug-likeness (QED) is 0.424. The number of nitrogens with one attached hydrogen (secondary N) is 2. The van der Waals surface area contributed by atoms with Gasteiger partial charge in [-0.25, -0.2) is 4.79 Å². The van der Waals surface area contributed by atoms with Gasteiger partial charge < -0.3 is 25.8 Å². The SMILES string of the molecule is CCN(c1ccc(-n2cccc2C(N)=O)cc1NC(=O)Nc1ccc(C)cc1)C1CCCCC1. The number of carbonyl (C=O) groups is 2. The molecule has 34 heavy (non-hydrogen) atoms. The fourth-order valence-corrected chi connectivity index (χ4v) is 4.77. The van der Waals surface area contributed by atoms with Crippen LogP contribution in [0.25, 0.3) is 5.69 Å². The Kier molecular flexibility index (Phi) is 7.21. The highest BCUT2D eigenvalue weighted by molar-refractivity contribution is 6.02. The summed E-state index contributed by atoms with van der Waals surface area (Å²) in [6, 6.07) is 17.2. The molecule has 7 heteroatoms. The van der Waals surface area contributed by atoms with Gasteiger partial charge in [-0.15, -0.1) is 0 Å². The van der Waals surface area contributed by atoms with Crippen molar-refractivity contribution < 1.29 is 9.59 Å². The van der Waals surface area contributed by atoms with Crippen LogP contribution in [0, 0.1) is 6.92 Å². The third kappa shape index (κ3) is 5.25. The Morgan fingerprint density at radius 3 is 2.44 bits per heavy atom. The molecule has 0 atom stereocenters. The molecule has 1 heterocycles. The van der Waals surface area contributed by atoms with E-state index in [-0.39, 0.29) is 6.03 Å². The van der Waals surface area contributed by atoms with Gasteiger partial charge in [0.05, 0.1) is 11.4 Å². The molecule has 1 aliphatic carbocycles. The number of amides is 3. The number of carbonyl (C=O) groups excluding carboxylic acids is 2. The maximum absolute atomic E-state index is 13.0. The smallest absolute Gasteiger partial charge is 0.323 e. The van der Waals surface area contributed by atoms with E-state index in [0.29, 0.717) is 17.4 Å². The lowest BCUT2D eigenvalue weighted by atomic mass is 9.93. The van der Waals surface area contributed by atoms with Crippen molar-refractivity contribution in [1.82, 2.24) is 4.57 Å². The van der Waals surface area contributed by atoms with Crippen LogP contribution >= 0.6 is 0 Å². The summed E-state index contributed by atoms with van der Waals surface area (Å²) >= 11 is 0. The van der Waals surface area contributed by atoms with Crippen LogP contribution in [0.2, 0.25) is 0 Å². The molecule has 2 aromatic carbocycles. The van der Waals surface area contributed by atoms with Crippen molar-refractivity contribution in [2.75, 3.05) is 22.1 Å². The van der Waals surface area contributed by atoms with Gasteiger partial charge in [-0.2, -0.15) is 0 Å². The molecule has 0 unspecified atom stereocenters. The summed E-state index contributed by atoms with van der Waals surface area (Å²) in [6.07, 6.45) is 7.81. The predicted octanol–water partition coefficient (Wildman–Crippen LogP) is 5.69. The second kappa shape index (κ2) is 10.5. The van der Waals surface area contributed by atoms with E-state index in [1.165, 1.54) is 19.3 Å². The maximum atomic E-state index is 13.0. The molecule has 1 saturated carbocycles. The molecule has 1 fully saturated rings. The van der Waals surface area contributed by atoms with Gasteiger partial charge in [0, 0.05) is 30.2 Å². The first-order valence-electron chi connectivity index (χ1n) is 12.0. The summed E-state index contributed by atoms with van der Waals surface area (Å²) in [6.45, 7) is 5.00. The van der Waals surface area contributed by atoms with Gasteiger partial charge in [0.1, 0.15) is 5.69 Å². The van der Waals surface area contributed by atoms with Gasteiger partial charge in [0.25, 0.3) is 5.91 Å². The second-order valence-electron chi connectivity index (χ2n) is 8.85. The van der Waals surface area contributed by atoms with Crippen LogP contribution in [-0.4, -0.2) is 29.1 Å². The average molecular weight is 460 g/mol. The van der Waals surface area contributed by atoms with Crippen molar-refractivity contribution in [3.63, 3.8) is 0 Å². The molecule has 0 saturated heterocycles. The molecule has 0 bridgehead atoms. The third-order valence-electron chi connectivity index (χ3n) is 6.48. The highest BCUT2D eigenvalue weighted by atomic mass is 16.2. The number of nitrogens with zero attached hydrogens (tertiary/aromatic N) is 2. The van der Waals surface area contributed by atoms with E-state index in [0.717, 1.165) is 42.0 Å². The Labute approximate surface area is 200 Å². The van der Waals surface area contributed by atoms with Gasteiger partial charge in [-0.3, -0.25) is 4.79 Å². The van der Waals surface area contributed by atoms with Crippen molar-refractivity contribution in [2.24, 2.45) is 5.73 Å². The van der Waals surface area contributed by atoms with Crippen LogP contribution in [0.15, 0.2) is 60.8 Å². The highest BCUT2D eigenvalue weighted by Crippen LogP contribution is 2.34. The van der Waals surface area contributed by atoms with Gasteiger partial charge in [0.15, 0.2) is 0 Å². The van der Waals surface area contributed by atoms with Crippen LogP contribution in [-0.2, 0) is 0 Å². The van der Waals surface area contributed by atoms with Gasteiger partial charge in [0.2, 0.25) is 0 Å². The molecule has 1 aromatic heterocycles. The molecule has 7 nitrogen and oxygen atoms in total. The minimum absolute atomic E-state index is 0.315. The van der Waals surface area contributed by atoms with E-state index in [4.69, 9.17) is 5.73 Å². The second-order valence-corrected chi connectivity index (χ2v) is 8.85. The van der Waals surface area contributed by atoms with Gasteiger partial charge >= 0.3 is 6.03 Å². The van der Waals surface area contributed by atoms with Crippen LogP contribution in [0.3, 0.4) is 0 Å². The summed E-state index contributed by atoms with van der Waals surface area (Å²) in [5.74, 6) is -0.502. The number of urea groups is 1. The normalized spacial score (nSPS) is 13.9. The molecular formula is C27H33N5O2. The van der Waals surface area contributed by atoms with Gasteiger partial charge in [-0.05, 0) is 69.2 Å². The summed E-state index contributed by atoms with van der Waals surface area (Å²) in [4.78, 5) is 27.2. The molecule has 4 rings (SSSR count). The number of hydrogen-bond donors (Lipinski definition) is 3. The van der Waals surface area contributed by atoms with Crippen molar-refractivity contribution in [3.05, 3.63) is 72.1 Å². The molecule has 3 amide bonds. The third-order valence-corrected chi connectivity index (χ3v) is 6.48. The first kappa shape index (κ1) is 23.4. The zero-order chi connectivity index (χ0) is 24.1. The summed E-state index contributed by atoms with van der Waals surface area (Å²) in [7, 11) is 0. The average Bonchev–Trinajstić information content (AvgIpc) is 3.33. The highest BCUT2D eigenvalue weighted by Gasteiger charge is 2.23. The number of nitrogens with two attached hydrogens (primary N) is 1. The van der Waals surface area contributed by atoms with E-state index in [1.54, 1.807) is 22.9 Å². The maximum Gasteiger partial charge on any atom is 0.323 e. The zero-order valence-corrected chi connectivity index (χ0v) is 19.9. The number of hydrogen-bond acceptors (Lipinski definition) is 3. The van der Waals surface area contributed by atoms with Crippen LogP contribution < -0.4 is 21.3 Å². The van der Waals surface area contributed by atoms with Crippen molar-refractivity contribution in [2.45, 2.75) is 52.0 Å². The predicted molar refractivity (Wildman–Crippen MR) is 138 cm³/mol. The fourth-order valence-electron chi connectivity index (χ4n) is 4.77. The largest absolute Gasteiger partial charge is 0.367 e. The summed E-state index contributed by atoms with van der Waals surface area (Å²) in [5.41, 5.74) is 10.2. The van der Waals surface area contributed by atoms with Crippen LogP contribution in [0.1, 0.15) is 55.1 Å². The van der Waals surface area contributed by atoms with Crippen molar-refractivity contribution in [1.29, 1.82) is 0 Å². The zero-order valence-electron chi connectivity index (χ0n) is 19.9. The molecule has 178 valence electrons. The molecule has 4 N–H and O–H groups in total. The summed E-state index contributed by atoms with van der Waals surface area (Å²) < 4.78 is 1.74. The minimum atomic E-state index is -0.502. The van der Waals surface area contributed by atoms with E-state index in [1.807, 2.05) is 49.4 Å². The number of benzene rings is 2. The molecular weight excluding hydrogens is 426 g/mol. The first-order chi connectivity index (χ1) is 16.5. The lowest BCUT2D eigenvalue weighted by Crippen LogP contribution is -2.37. The monoisotopic (exact) mass is 459 g/mol. The summed E-state index contributed by atoms with van der Waals surface area (Å²) in [5, 5.41) is 5.97. The van der Waals surface area contributed by atoms with Crippen LogP contribution in [0.4, 0.5) is 21.9 Å². The number of anilines is 3. The van der Waals surface area contributed by atoms with E-state index in [2.05, 4.69) is 22.5 Å². The standard InChI is InChI=1S/C27H33N5O2/c1-3-31(21-8-5-4-6-9-21)24-16-15-22(32-17-7-10-25(32)26(28)33)18-23(24)30-27(34)29-20-13-11-19(2)12-14-20/h7,10-18,21H,3-6,8-9H2,1-2H3,(H2,28,33)(H2,29,30,34). The Morgan fingerprint density at radius 2 is 1.76 bits per heavy atom. The first-order valence-corrected chi connectivity index (χ1v) is 12.0. The Bertz CT molecular complexity index is 1150. The minimum Gasteiger partial charge on any atom is -0.367 e. The Hall–Kier alpha value is -3.74. The van der Waals surface area contributed by atoms with Crippen molar-refractivity contribution in [3.8, 4) is 5.69 Å². The van der Waals surface area contributed by atoms with E-state index in [9.17, 15) is 9.59 Å². The Balaban J connectivity index is 1.68. The van der Waals surface area contributed by atoms with Gasteiger partial charge in [-0.1, -0.05) is 37.0 Å². The van der Waals surface area contributed by atoms with Crippen molar-refractivity contribution >= 4 is 29.0 Å². The molecule has 0 radical (unpaired) electrons. The molecule has 0 spiro atoms. The van der Waals surface area contributed by atoms with E-state index < -0.39 is 5.91 Å². The number of aryl methyl sites for hydroxylation is 1. The molecule has 3 aromatic rings. The topological polar surface area (TPSA) is 92.4 Å². The lowest BCUT2D eigenvalue weighted by Gasteiger charge is -2.36. The van der Waals surface area contributed by atoms with E-state index >= 15 is 0 Å². The fraction of sp³-hybridized carbons (Fsp3) is 0.333.